The van der Waals surface area contributed by atoms with Crippen molar-refractivity contribution in [1.82, 2.24) is 15.1 Å². The number of guanidine groups is 1. The lowest BCUT2D eigenvalue weighted by Crippen LogP contribution is -2.43. The number of nitrogens with zero attached hydrogens (tertiary/aromatic N) is 3. The number of aliphatic imine (C=N–C) groups is 1. The minimum atomic E-state index is -0.00879. The van der Waals surface area contributed by atoms with Crippen molar-refractivity contribution in [3.63, 3.8) is 0 Å². The number of nitrogens with one attached hydrogen (secondary N) is 1. The highest BCUT2D eigenvalue weighted by molar-refractivity contribution is 5.84. The summed E-state index contributed by atoms with van der Waals surface area (Å²) in [6, 6.07) is 0. The molecule has 0 radical (unpaired) electrons. The second-order valence-electron chi connectivity index (χ2n) is 5.78. The molecule has 0 unspecified atom stereocenters. The summed E-state index contributed by atoms with van der Waals surface area (Å²) < 4.78 is 10.5. The minimum absolute atomic E-state index is 0.00879. The van der Waals surface area contributed by atoms with E-state index >= 15 is 0 Å². The Labute approximate surface area is 133 Å². The number of methoxy groups -OCH3 is 1. The van der Waals surface area contributed by atoms with Crippen molar-refractivity contribution in [2.45, 2.75) is 12.8 Å². The molecule has 0 saturated carbocycles. The van der Waals surface area contributed by atoms with Gasteiger partial charge in [-0.15, -0.1) is 0 Å². The van der Waals surface area contributed by atoms with Crippen molar-refractivity contribution >= 4 is 11.9 Å². The molecule has 1 fully saturated rings. The summed E-state index contributed by atoms with van der Waals surface area (Å²) in [4.78, 5) is 19.8. The van der Waals surface area contributed by atoms with Gasteiger partial charge in [-0.3, -0.25) is 4.79 Å². The van der Waals surface area contributed by atoms with E-state index in [0.717, 1.165) is 38.6 Å². The highest BCUT2D eigenvalue weighted by atomic mass is 16.5. The van der Waals surface area contributed by atoms with Crippen LogP contribution in [0.5, 0.6) is 0 Å². The van der Waals surface area contributed by atoms with Gasteiger partial charge in [0.15, 0.2) is 5.96 Å². The predicted molar refractivity (Wildman–Crippen MR) is 87.0 cm³/mol. The number of carbonyl (C=O) groups is 1. The van der Waals surface area contributed by atoms with Gasteiger partial charge >= 0.3 is 0 Å². The van der Waals surface area contributed by atoms with Crippen molar-refractivity contribution in [2.24, 2.45) is 10.9 Å². The van der Waals surface area contributed by atoms with Gasteiger partial charge < -0.3 is 24.6 Å². The topological polar surface area (TPSA) is 66.4 Å². The normalized spacial score (nSPS) is 16.5. The van der Waals surface area contributed by atoms with Crippen LogP contribution in [-0.4, -0.2) is 89.4 Å². The van der Waals surface area contributed by atoms with Gasteiger partial charge in [0.2, 0.25) is 5.91 Å². The van der Waals surface area contributed by atoms with E-state index in [4.69, 9.17) is 9.47 Å². The Bertz CT molecular complexity index is 355. The Hall–Kier alpha value is -1.34. The largest absolute Gasteiger partial charge is 0.383 e. The molecule has 1 aliphatic rings. The number of likely N-dealkylation sites (N-methyl/N-ethyl adjacent to an activating group) is 1. The van der Waals surface area contributed by atoms with Gasteiger partial charge in [0.1, 0.15) is 6.54 Å². The van der Waals surface area contributed by atoms with Crippen LogP contribution < -0.4 is 5.32 Å². The van der Waals surface area contributed by atoms with E-state index in [-0.39, 0.29) is 12.5 Å². The second-order valence-corrected chi connectivity index (χ2v) is 5.78. The summed E-state index contributed by atoms with van der Waals surface area (Å²) in [5, 5.41) is 3.25. The van der Waals surface area contributed by atoms with E-state index in [0.29, 0.717) is 19.1 Å². The average Bonchev–Trinajstić information content (AvgIpc) is 2.51. The number of hydrogen-bond donors (Lipinski definition) is 1. The summed E-state index contributed by atoms with van der Waals surface area (Å²) in [7, 11) is 7.15. The van der Waals surface area contributed by atoms with Crippen LogP contribution >= 0.6 is 0 Å². The lowest BCUT2D eigenvalue weighted by atomic mass is 10.00. The smallest absolute Gasteiger partial charge is 0.243 e. The Kier molecular flexibility index (Phi) is 8.84. The molecule has 128 valence electrons. The molecule has 0 aromatic rings. The van der Waals surface area contributed by atoms with E-state index in [1.807, 2.05) is 7.05 Å². The third kappa shape index (κ3) is 7.09. The summed E-state index contributed by atoms with van der Waals surface area (Å²) in [6.07, 6.45) is 2.15. The fraction of sp³-hybridized carbons (Fsp3) is 0.867. The molecule has 0 aromatic heterocycles. The van der Waals surface area contributed by atoms with E-state index in [2.05, 4.69) is 15.2 Å². The van der Waals surface area contributed by atoms with Crippen molar-refractivity contribution < 1.29 is 14.3 Å². The first kappa shape index (κ1) is 18.7. The molecule has 1 amide bonds. The van der Waals surface area contributed by atoms with Crippen molar-refractivity contribution in [1.29, 1.82) is 0 Å². The molecule has 0 spiro atoms. The SMILES string of the molecule is COCCNC(=NCC(=O)N(C)C)N(C)CC1CCOCC1. The molecule has 0 aliphatic carbocycles. The molecule has 0 bridgehead atoms. The fourth-order valence-electron chi connectivity index (χ4n) is 2.26. The van der Waals surface area contributed by atoms with Crippen LogP contribution in [-0.2, 0) is 14.3 Å². The molecule has 1 N–H and O–H groups in total. The summed E-state index contributed by atoms with van der Waals surface area (Å²) in [6.45, 7) is 4.01. The third-order valence-electron chi connectivity index (χ3n) is 3.69. The second kappa shape index (κ2) is 10.4. The summed E-state index contributed by atoms with van der Waals surface area (Å²) in [5.41, 5.74) is 0. The van der Waals surface area contributed by atoms with Gasteiger partial charge in [-0.25, -0.2) is 4.99 Å². The summed E-state index contributed by atoms with van der Waals surface area (Å²) in [5.74, 6) is 1.35. The van der Waals surface area contributed by atoms with Gasteiger partial charge in [-0.2, -0.15) is 0 Å². The lowest BCUT2D eigenvalue weighted by molar-refractivity contribution is -0.127. The molecule has 1 rings (SSSR count). The van der Waals surface area contributed by atoms with Gasteiger partial charge in [0.05, 0.1) is 6.61 Å². The Morgan fingerprint density at radius 3 is 2.59 bits per heavy atom. The number of hydrogen-bond acceptors (Lipinski definition) is 4. The van der Waals surface area contributed by atoms with Crippen LogP contribution in [0.3, 0.4) is 0 Å². The van der Waals surface area contributed by atoms with Gasteiger partial charge in [-0.05, 0) is 18.8 Å². The maximum Gasteiger partial charge on any atom is 0.243 e. The highest BCUT2D eigenvalue weighted by Gasteiger charge is 2.18. The quantitative estimate of drug-likeness (QED) is 0.408. The summed E-state index contributed by atoms with van der Waals surface area (Å²) >= 11 is 0. The highest BCUT2D eigenvalue weighted by Crippen LogP contribution is 2.15. The molecule has 7 nitrogen and oxygen atoms in total. The van der Waals surface area contributed by atoms with Crippen LogP contribution in [0, 0.1) is 5.92 Å². The monoisotopic (exact) mass is 314 g/mol. The first-order valence-electron chi connectivity index (χ1n) is 7.81. The first-order chi connectivity index (χ1) is 10.5. The molecule has 1 saturated heterocycles. The Balaban J connectivity index is 2.57. The molecule has 1 heterocycles. The van der Waals surface area contributed by atoms with Gasteiger partial charge in [0, 0.05) is 54.6 Å². The van der Waals surface area contributed by atoms with E-state index in [9.17, 15) is 4.79 Å². The standard InChI is InChI=1S/C15H30N4O3/c1-18(2)14(20)11-17-15(16-7-10-21-4)19(3)12-13-5-8-22-9-6-13/h13H,5-12H2,1-4H3,(H,16,17). The average molecular weight is 314 g/mol. The molecular formula is C15H30N4O3. The number of ether oxygens (including phenoxy) is 2. The number of rotatable bonds is 7. The zero-order valence-electron chi connectivity index (χ0n) is 14.3. The molecule has 7 heteroatoms. The molecule has 22 heavy (non-hydrogen) atoms. The third-order valence-corrected chi connectivity index (χ3v) is 3.69. The van der Waals surface area contributed by atoms with Crippen LogP contribution in [0.1, 0.15) is 12.8 Å². The van der Waals surface area contributed by atoms with E-state index in [1.165, 1.54) is 0 Å². The zero-order chi connectivity index (χ0) is 16.4. The fourth-order valence-corrected chi connectivity index (χ4v) is 2.26. The van der Waals surface area contributed by atoms with E-state index in [1.54, 1.807) is 26.1 Å². The number of amides is 1. The lowest BCUT2D eigenvalue weighted by Gasteiger charge is -2.29. The molecular weight excluding hydrogens is 284 g/mol. The van der Waals surface area contributed by atoms with Gasteiger partial charge in [-0.1, -0.05) is 0 Å². The van der Waals surface area contributed by atoms with Crippen molar-refractivity contribution in [2.75, 3.05) is 67.7 Å². The molecule has 0 atom stereocenters. The van der Waals surface area contributed by atoms with E-state index < -0.39 is 0 Å². The molecule has 0 aromatic carbocycles. The Morgan fingerprint density at radius 2 is 2.00 bits per heavy atom. The molecule has 1 aliphatic heterocycles. The van der Waals surface area contributed by atoms with Crippen LogP contribution in [0.4, 0.5) is 0 Å². The number of carbonyl (C=O) groups excluding carboxylic acids is 1. The minimum Gasteiger partial charge on any atom is -0.383 e. The van der Waals surface area contributed by atoms with Crippen LogP contribution in [0.15, 0.2) is 4.99 Å². The van der Waals surface area contributed by atoms with Crippen molar-refractivity contribution in [3.05, 3.63) is 0 Å². The van der Waals surface area contributed by atoms with Crippen LogP contribution in [0.2, 0.25) is 0 Å². The maximum atomic E-state index is 11.7. The Morgan fingerprint density at radius 1 is 1.32 bits per heavy atom. The zero-order valence-corrected chi connectivity index (χ0v) is 14.3. The van der Waals surface area contributed by atoms with Crippen molar-refractivity contribution in [3.8, 4) is 0 Å². The maximum absolute atomic E-state index is 11.7. The van der Waals surface area contributed by atoms with Gasteiger partial charge in [0.25, 0.3) is 0 Å². The first-order valence-corrected chi connectivity index (χ1v) is 7.81. The van der Waals surface area contributed by atoms with Crippen LogP contribution in [0.25, 0.3) is 0 Å². The predicted octanol–water partition coefficient (Wildman–Crippen LogP) is 0.0250.